The van der Waals surface area contributed by atoms with Gasteiger partial charge in [0, 0.05) is 13.1 Å². The quantitative estimate of drug-likeness (QED) is 0.623. The minimum atomic E-state index is 0.351. The lowest BCUT2D eigenvalue weighted by molar-refractivity contribution is 0.145. The molecular formula is C18H27N3. The lowest BCUT2D eigenvalue weighted by atomic mass is 9.65. The predicted molar refractivity (Wildman–Crippen MR) is 88.3 cm³/mol. The first-order valence-corrected chi connectivity index (χ1v) is 8.34. The Kier molecular flexibility index (Phi) is 4.47. The van der Waals surface area contributed by atoms with Crippen molar-refractivity contribution in [3.63, 3.8) is 0 Å². The molecule has 3 nitrogen and oxygen atoms in total. The predicted octanol–water partition coefficient (Wildman–Crippen LogP) is 3.10. The van der Waals surface area contributed by atoms with Gasteiger partial charge >= 0.3 is 0 Å². The number of nitrogens with zero attached hydrogens (tertiary/aromatic N) is 1. The lowest BCUT2D eigenvalue weighted by Gasteiger charge is -2.41. The first kappa shape index (κ1) is 14.4. The molecule has 0 aromatic heterocycles. The summed E-state index contributed by atoms with van der Waals surface area (Å²) in [6.45, 7) is 1.87. The summed E-state index contributed by atoms with van der Waals surface area (Å²) in [6.07, 6.45) is 9.09. The van der Waals surface area contributed by atoms with Crippen molar-refractivity contribution in [2.24, 2.45) is 22.1 Å². The van der Waals surface area contributed by atoms with Crippen molar-refractivity contribution < 1.29 is 0 Å². The molecule has 0 unspecified atom stereocenters. The summed E-state index contributed by atoms with van der Waals surface area (Å²) in [5, 5.41) is 3.30. The molecule has 1 aromatic carbocycles. The van der Waals surface area contributed by atoms with Crippen LogP contribution in [0.4, 0.5) is 0 Å². The van der Waals surface area contributed by atoms with Gasteiger partial charge in [-0.05, 0) is 49.0 Å². The molecular weight excluding hydrogens is 258 g/mol. The standard InChI is InChI=1S/C18H27N3/c19-17(20-13-16-8-4-9-16)21-14-18(10-5-11-18)12-15-6-2-1-3-7-15/h1-3,6-7,16H,4-5,8-14H2,(H3,19,20,21). The van der Waals surface area contributed by atoms with Crippen molar-refractivity contribution in [3.8, 4) is 0 Å². The van der Waals surface area contributed by atoms with Gasteiger partial charge in [-0.15, -0.1) is 0 Å². The third-order valence-corrected chi connectivity index (χ3v) is 5.22. The number of nitrogens with one attached hydrogen (secondary N) is 1. The Hall–Kier alpha value is -1.51. The van der Waals surface area contributed by atoms with E-state index in [1.807, 2.05) is 0 Å². The second-order valence-corrected chi connectivity index (χ2v) is 6.90. The summed E-state index contributed by atoms with van der Waals surface area (Å²) in [4.78, 5) is 4.63. The van der Waals surface area contributed by atoms with Crippen LogP contribution in [0, 0.1) is 11.3 Å². The van der Waals surface area contributed by atoms with Gasteiger partial charge in [-0.25, -0.2) is 0 Å². The number of nitrogens with two attached hydrogens (primary N) is 1. The van der Waals surface area contributed by atoms with E-state index in [0.29, 0.717) is 11.4 Å². The fraction of sp³-hybridized carbons (Fsp3) is 0.611. The topological polar surface area (TPSA) is 50.4 Å². The van der Waals surface area contributed by atoms with Crippen LogP contribution in [-0.2, 0) is 6.42 Å². The summed E-state index contributed by atoms with van der Waals surface area (Å²) < 4.78 is 0. The maximum absolute atomic E-state index is 6.02. The molecule has 2 fully saturated rings. The first-order chi connectivity index (χ1) is 10.3. The maximum atomic E-state index is 6.02. The number of hydrogen-bond acceptors (Lipinski definition) is 1. The molecule has 3 rings (SSSR count). The van der Waals surface area contributed by atoms with Gasteiger partial charge in [-0.1, -0.05) is 43.2 Å². The molecule has 3 N–H and O–H groups in total. The number of aliphatic imine (C=N–C) groups is 1. The molecule has 0 spiro atoms. The Morgan fingerprint density at radius 1 is 1.19 bits per heavy atom. The molecule has 21 heavy (non-hydrogen) atoms. The van der Waals surface area contributed by atoms with E-state index in [1.165, 1.54) is 44.1 Å². The molecule has 0 heterocycles. The van der Waals surface area contributed by atoms with Crippen LogP contribution in [0.5, 0.6) is 0 Å². The van der Waals surface area contributed by atoms with Crippen molar-refractivity contribution in [1.29, 1.82) is 0 Å². The monoisotopic (exact) mass is 285 g/mol. The minimum absolute atomic E-state index is 0.351. The van der Waals surface area contributed by atoms with Crippen LogP contribution in [0.2, 0.25) is 0 Å². The molecule has 2 aliphatic carbocycles. The van der Waals surface area contributed by atoms with E-state index in [2.05, 4.69) is 40.6 Å². The van der Waals surface area contributed by atoms with Crippen LogP contribution in [0.3, 0.4) is 0 Å². The van der Waals surface area contributed by atoms with E-state index >= 15 is 0 Å². The first-order valence-electron chi connectivity index (χ1n) is 8.34. The molecule has 0 aliphatic heterocycles. The molecule has 0 saturated heterocycles. The smallest absolute Gasteiger partial charge is 0.188 e. The highest BCUT2D eigenvalue weighted by molar-refractivity contribution is 5.77. The second-order valence-electron chi connectivity index (χ2n) is 6.90. The van der Waals surface area contributed by atoms with E-state index in [-0.39, 0.29) is 0 Å². The van der Waals surface area contributed by atoms with E-state index in [0.717, 1.165) is 25.4 Å². The fourth-order valence-corrected chi connectivity index (χ4v) is 3.35. The summed E-state index contributed by atoms with van der Waals surface area (Å²) in [6, 6.07) is 10.8. The highest BCUT2D eigenvalue weighted by Gasteiger charge is 2.36. The minimum Gasteiger partial charge on any atom is -0.370 e. The van der Waals surface area contributed by atoms with Crippen LogP contribution >= 0.6 is 0 Å². The second kappa shape index (κ2) is 6.50. The maximum Gasteiger partial charge on any atom is 0.188 e. The molecule has 2 saturated carbocycles. The van der Waals surface area contributed by atoms with Gasteiger partial charge in [0.1, 0.15) is 0 Å². The number of benzene rings is 1. The molecule has 0 radical (unpaired) electrons. The molecule has 0 atom stereocenters. The van der Waals surface area contributed by atoms with E-state index < -0.39 is 0 Å². The van der Waals surface area contributed by atoms with Crippen molar-refractivity contribution in [2.75, 3.05) is 13.1 Å². The summed E-state index contributed by atoms with van der Waals surface area (Å²) in [7, 11) is 0. The molecule has 3 heteroatoms. The van der Waals surface area contributed by atoms with Gasteiger partial charge in [0.05, 0.1) is 0 Å². The number of guanidine groups is 1. The van der Waals surface area contributed by atoms with Gasteiger partial charge < -0.3 is 11.1 Å². The normalized spacial score (nSPS) is 21.4. The summed E-state index contributed by atoms with van der Waals surface area (Å²) >= 11 is 0. The van der Waals surface area contributed by atoms with Crippen LogP contribution in [-0.4, -0.2) is 19.0 Å². The number of hydrogen-bond donors (Lipinski definition) is 2. The Bertz CT molecular complexity index is 472. The Balaban J connectivity index is 1.51. The van der Waals surface area contributed by atoms with Gasteiger partial charge in [0.2, 0.25) is 0 Å². The average Bonchev–Trinajstić information content (AvgIpc) is 2.41. The number of rotatable bonds is 6. The highest BCUT2D eigenvalue weighted by Crippen LogP contribution is 2.43. The Morgan fingerprint density at radius 3 is 2.52 bits per heavy atom. The molecule has 0 amide bonds. The van der Waals surface area contributed by atoms with Crippen molar-refractivity contribution in [3.05, 3.63) is 35.9 Å². The summed E-state index contributed by atoms with van der Waals surface area (Å²) in [5.41, 5.74) is 7.79. The highest BCUT2D eigenvalue weighted by atomic mass is 15.1. The molecule has 2 aliphatic rings. The van der Waals surface area contributed by atoms with E-state index in [1.54, 1.807) is 0 Å². The van der Waals surface area contributed by atoms with Crippen molar-refractivity contribution in [1.82, 2.24) is 5.32 Å². The van der Waals surface area contributed by atoms with Crippen LogP contribution in [0.25, 0.3) is 0 Å². The Labute approximate surface area is 128 Å². The Morgan fingerprint density at radius 2 is 1.95 bits per heavy atom. The zero-order valence-corrected chi connectivity index (χ0v) is 12.9. The van der Waals surface area contributed by atoms with E-state index in [4.69, 9.17) is 5.73 Å². The van der Waals surface area contributed by atoms with Crippen LogP contribution in [0.15, 0.2) is 35.3 Å². The largest absolute Gasteiger partial charge is 0.370 e. The van der Waals surface area contributed by atoms with Crippen molar-refractivity contribution in [2.45, 2.75) is 44.9 Å². The zero-order chi connectivity index (χ0) is 14.5. The van der Waals surface area contributed by atoms with Gasteiger partial charge in [0.25, 0.3) is 0 Å². The third-order valence-electron chi connectivity index (χ3n) is 5.22. The fourth-order valence-electron chi connectivity index (χ4n) is 3.35. The van der Waals surface area contributed by atoms with Crippen LogP contribution in [0.1, 0.15) is 44.1 Å². The molecule has 0 bridgehead atoms. The van der Waals surface area contributed by atoms with Gasteiger partial charge in [-0.3, -0.25) is 4.99 Å². The van der Waals surface area contributed by atoms with Crippen LogP contribution < -0.4 is 11.1 Å². The van der Waals surface area contributed by atoms with E-state index in [9.17, 15) is 0 Å². The van der Waals surface area contributed by atoms with Gasteiger partial charge in [0.15, 0.2) is 5.96 Å². The van der Waals surface area contributed by atoms with Crippen molar-refractivity contribution >= 4 is 5.96 Å². The average molecular weight is 285 g/mol. The molecule has 114 valence electrons. The van der Waals surface area contributed by atoms with Gasteiger partial charge in [-0.2, -0.15) is 0 Å². The lowest BCUT2D eigenvalue weighted by Crippen LogP contribution is -2.40. The molecule has 1 aromatic rings. The third kappa shape index (κ3) is 3.78. The summed E-state index contributed by atoms with van der Waals surface area (Å²) in [5.74, 6) is 1.46. The zero-order valence-electron chi connectivity index (χ0n) is 12.9. The SMILES string of the molecule is NC(=NCC1(Cc2ccccc2)CCC1)NCC1CCC1.